The third-order valence-corrected chi connectivity index (χ3v) is 9.20. The fourth-order valence-corrected chi connectivity index (χ4v) is 6.35. The van der Waals surface area contributed by atoms with Crippen molar-refractivity contribution in [1.29, 1.82) is 0 Å². The Hall–Kier alpha value is -4.14. The number of aryl methyl sites for hydroxylation is 1. The molecular weight excluding hydrogens is 681 g/mol. The van der Waals surface area contributed by atoms with E-state index in [1.54, 1.807) is 45.9 Å². The number of carbonyl (C=O) groups excluding carboxylic acids is 3. The Kier molecular flexibility index (Phi) is 17.4. The zero-order valence-corrected chi connectivity index (χ0v) is 29.7. The lowest BCUT2D eigenvalue weighted by atomic mass is 9.78. The van der Waals surface area contributed by atoms with E-state index in [2.05, 4.69) is 10.6 Å². The van der Waals surface area contributed by atoms with Crippen molar-refractivity contribution in [2.75, 3.05) is 91.6 Å². The van der Waals surface area contributed by atoms with Gasteiger partial charge in [-0.3, -0.25) is 48.4 Å². The highest BCUT2D eigenvalue weighted by Crippen LogP contribution is 2.19. The van der Waals surface area contributed by atoms with E-state index < -0.39 is 42.9 Å². The number of hydrogen-bond acceptors (Lipinski definition) is 12. The number of carbonyl (C=O) groups is 6. The first kappa shape index (κ1) is 42.3. The Morgan fingerprint density at radius 2 is 1.19 bits per heavy atom. The zero-order chi connectivity index (χ0) is 38.2. The molecule has 0 radical (unpaired) electrons. The second-order valence-electron chi connectivity index (χ2n) is 13.3. The molecule has 0 spiro atoms. The maximum atomic E-state index is 12.9. The van der Waals surface area contributed by atoms with Gasteiger partial charge in [0.15, 0.2) is 0 Å². The molecule has 3 rings (SSSR count). The number of carboxylic acid groups (broad SMARTS) is 3. The summed E-state index contributed by atoms with van der Waals surface area (Å²) >= 11 is 0. The van der Waals surface area contributed by atoms with Crippen LogP contribution in [0.3, 0.4) is 0 Å². The molecule has 288 valence electrons. The van der Waals surface area contributed by atoms with Crippen LogP contribution >= 0.6 is 0 Å². The Morgan fingerprint density at radius 1 is 0.731 bits per heavy atom. The molecule has 2 aliphatic rings. The van der Waals surface area contributed by atoms with Crippen molar-refractivity contribution in [1.82, 2.24) is 35.1 Å². The molecule has 1 aromatic carbocycles. The molecule has 0 aromatic heterocycles. The van der Waals surface area contributed by atoms with E-state index in [1.807, 2.05) is 4.90 Å². The standard InChI is InChI=1S/C33H52BN7O11/c1-24(33(50)41-11-3-5-27(41)34(51)52)36-32(49)26-8-6-25(7-9-26)4-2-10-35-28(42)20-37-12-14-38(21-29(43)44)16-18-40(23-31(47)48)19-17-39(15-13-37)22-30(45)46/h6-9,24,27,51-52H,2-5,10-23H2,1H3,(H,35,42)(H,36,49)(H,43,44)(H,45,46)(H,47,48)/t24-,27+/m1/s1. The quantitative estimate of drug-likeness (QED) is 0.0677. The van der Waals surface area contributed by atoms with Crippen molar-refractivity contribution < 1.29 is 54.1 Å². The molecule has 0 aliphatic carbocycles. The molecule has 2 aliphatic heterocycles. The number of nitrogens with zero attached hydrogens (tertiary/aromatic N) is 5. The largest absolute Gasteiger partial charge is 0.480 e. The summed E-state index contributed by atoms with van der Waals surface area (Å²) in [6, 6.07) is 6.05. The molecule has 3 amide bonds. The van der Waals surface area contributed by atoms with Crippen molar-refractivity contribution in [2.24, 2.45) is 0 Å². The van der Waals surface area contributed by atoms with E-state index in [4.69, 9.17) is 0 Å². The summed E-state index contributed by atoms with van der Waals surface area (Å²) in [7, 11) is -1.64. The predicted molar refractivity (Wildman–Crippen MR) is 188 cm³/mol. The van der Waals surface area contributed by atoms with Gasteiger partial charge in [-0.25, -0.2) is 0 Å². The van der Waals surface area contributed by atoms with Gasteiger partial charge in [0.2, 0.25) is 11.8 Å². The lowest BCUT2D eigenvalue weighted by Crippen LogP contribution is -2.52. The summed E-state index contributed by atoms with van der Waals surface area (Å²) < 4.78 is 0. The molecule has 2 saturated heterocycles. The zero-order valence-electron chi connectivity index (χ0n) is 29.7. The predicted octanol–water partition coefficient (Wildman–Crippen LogP) is -2.67. The van der Waals surface area contributed by atoms with Crippen molar-refractivity contribution in [3.8, 4) is 0 Å². The first-order valence-corrected chi connectivity index (χ1v) is 17.6. The molecular formula is C33H52BN7O11. The molecule has 18 nitrogen and oxygen atoms in total. The van der Waals surface area contributed by atoms with Gasteiger partial charge in [0.1, 0.15) is 6.04 Å². The van der Waals surface area contributed by atoms with E-state index in [9.17, 15) is 54.1 Å². The number of likely N-dealkylation sites (tertiary alicyclic amines) is 1. The molecule has 52 heavy (non-hydrogen) atoms. The van der Waals surface area contributed by atoms with Gasteiger partial charge in [0, 0.05) is 71.0 Å². The normalized spacial score (nSPS) is 19.2. The van der Waals surface area contributed by atoms with Gasteiger partial charge in [-0.1, -0.05) is 12.1 Å². The molecule has 1 aromatic rings. The highest BCUT2D eigenvalue weighted by atomic mass is 16.4. The molecule has 2 atom stereocenters. The minimum absolute atomic E-state index is 0.0245. The van der Waals surface area contributed by atoms with E-state index in [0.29, 0.717) is 83.6 Å². The minimum atomic E-state index is -1.64. The topological polar surface area (TPSA) is 244 Å². The second-order valence-corrected chi connectivity index (χ2v) is 13.3. The lowest BCUT2D eigenvalue weighted by Gasteiger charge is -2.32. The monoisotopic (exact) mass is 733 g/mol. The van der Waals surface area contributed by atoms with Gasteiger partial charge in [-0.15, -0.1) is 0 Å². The lowest BCUT2D eigenvalue weighted by molar-refractivity contribution is -0.140. The van der Waals surface area contributed by atoms with Crippen LogP contribution in [0.25, 0.3) is 0 Å². The highest BCUT2D eigenvalue weighted by molar-refractivity contribution is 6.43. The summed E-state index contributed by atoms with van der Waals surface area (Å²) in [5.74, 6) is -4.81. The SMILES string of the molecule is C[C@@H](NC(=O)c1ccc(CCCNC(=O)CN2CCN(CC(=O)O)CCN(CC(=O)O)CCN(CC(=O)O)CC2)cc1)C(=O)N1CCC[C@H]1B(O)O. The van der Waals surface area contributed by atoms with Crippen molar-refractivity contribution in [3.05, 3.63) is 35.4 Å². The maximum absolute atomic E-state index is 12.9. The van der Waals surface area contributed by atoms with Crippen LogP contribution in [0.2, 0.25) is 0 Å². The number of rotatable bonds is 16. The minimum Gasteiger partial charge on any atom is -0.480 e. The Balaban J connectivity index is 1.48. The molecule has 0 saturated carbocycles. The maximum Gasteiger partial charge on any atom is 0.475 e. The second kappa shape index (κ2) is 21.4. The van der Waals surface area contributed by atoms with Crippen LogP contribution in [0, 0.1) is 0 Å². The number of nitrogens with one attached hydrogen (secondary N) is 2. The van der Waals surface area contributed by atoms with Gasteiger partial charge < -0.3 is 40.9 Å². The third kappa shape index (κ3) is 14.8. The first-order chi connectivity index (χ1) is 24.7. The molecule has 0 unspecified atom stereocenters. The molecule has 2 fully saturated rings. The van der Waals surface area contributed by atoms with Gasteiger partial charge in [-0.2, -0.15) is 0 Å². The third-order valence-electron chi connectivity index (χ3n) is 9.20. The molecule has 19 heteroatoms. The average molecular weight is 734 g/mol. The Labute approximate surface area is 303 Å². The fraction of sp³-hybridized carbons (Fsp3) is 0.636. The van der Waals surface area contributed by atoms with Crippen LogP contribution in [0.1, 0.15) is 42.1 Å². The number of aliphatic carboxylic acids is 3. The van der Waals surface area contributed by atoms with E-state index in [1.165, 1.54) is 4.90 Å². The van der Waals surface area contributed by atoms with Crippen LogP contribution in [0.15, 0.2) is 24.3 Å². The number of benzene rings is 1. The van der Waals surface area contributed by atoms with Crippen LogP contribution in [-0.2, 0) is 30.4 Å². The summed E-state index contributed by atoms with van der Waals surface area (Å²) in [6.45, 7) is 4.10. The summed E-state index contributed by atoms with van der Waals surface area (Å²) in [6.07, 6.45) is 2.37. The first-order valence-electron chi connectivity index (χ1n) is 17.6. The number of carboxylic acids is 3. The smallest absolute Gasteiger partial charge is 0.475 e. The fourth-order valence-electron chi connectivity index (χ4n) is 6.35. The number of hydrogen-bond donors (Lipinski definition) is 7. The average Bonchev–Trinajstić information content (AvgIpc) is 3.58. The summed E-state index contributed by atoms with van der Waals surface area (Å²) in [4.78, 5) is 81.2. The van der Waals surface area contributed by atoms with Crippen molar-refractivity contribution in [3.63, 3.8) is 0 Å². The molecule has 2 heterocycles. The van der Waals surface area contributed by atoms with Crippen LogP contribution in [0.5, 0.6) is 0 Å². The van der Waals surface area contributed by atoms with Gasteiger partial charge >= 0.3 is 25.0 Å². The van der Waals surface area contributed by atoms with Gasteiger partial charge in [-0.05, 0) is 50.3 Å². The van der Waals surface area contributed by atoms with Crippen LogP contribution in [0.4, 0.5) is 0 Å². The van der Waals surface area contributed by atoms with Gasteiger partial charge in [0.05, 0.1) is 32.1 Å². The van der Waals surface area contributed by atoms with E-state index in [-0.39, 0.29) is 51.1 Å². The summed E-state index contributed by atoms with van der Waals surface area (Å²) in [5, 5.41) is 52.8. The Bertz CT molecular complexity index is 1340. The summed E-state index contributed by atoms with van der Waals surface area (Å²) in [5.41, 5.74) is 1.30. The van der Waals surface area contributed by atoms with Crippen molar-refractivity contribution in [2.45, 2.75) is 44.6 Å². The highest BCUT2D eigenvalue weighted by Gasteiger charge is 2.38. The molecule has 0 bridgehead atoms. The van der Waals surface area contributed by atoms with E-state index >= 15 is 0 Å². The number of amides is 3. The van der Waals surface area contributed by atoms with Crippen LogP contribution < -0.4 is 10.6 Å². The molecule has 7 N–H and O–H groups in total. The van der Waals surface area contributed by atoms with Crippen molar-refractivity contribution >= 4 is 42.7 Å². The van der Waals surface area contributed by atoms with Gasteiger partial charge in [0.25, 0.3) is 5.91 Å². The Morgan fingerprint density at radius 3 is 1.63 bits per heavy atom. The van der Waals surface area contributed by atoms with Crippen LogP contribution in [-0.4, -0.2) is 196 Å². The van der Waals surface area contributed by atoms with E-state index in [0.717, 1.165) is 5.56 Å².